The number of nitrogens with one attached hydrogen (secondary N) is 2. The van der Waals surface area contributed by atoms with Crippen molar-refractivity contribution in [3.63, 3.8) is 0 Å². The van der Waals surface area contributed by atoms with E-state index in [1.54, 1.807) is 32.4 Å². The second-order valence-electron chi connectivity index (χ2n) is 7.61. The average Bonchev–Trinajstić information content (AvgIpc) is 3.28. The standard InChI is InChI=1S/C25H28BrN5O4S/c1-5-31-22(14-27-23(32)11-7-17-6-10-20(34-3)21(13-17)35-4)29-30-25(31)36-15-24(33)28-18-8-9-19(26)16(2)12-18/h6-13H,5,14-15H2,1-4H3,(H,27,32)(H,28,33)/b11-7+. The molecule has 0 fully saturated rings. The van der Waals surface area contributed by atoms with E-state index in [1.807, 2.05) is 42.7 Å². The molecule has 0 saturated carbocycles. The van der Waals surface area contributed by atoms with Crippen LogP contribution in [0, 0.1) is 6.92 Å². The maximum atomic E-state index is 12.4. The molecular formula is C25H28BrN5O4S. The lowest BCUT2D eigenvalue weighted by Gasteiger charge is -2.09. The monoisotopic (exact) mass is 573 g/mol. The smallest absolute Gasteiger partial charge is 0.244 e. The van der Waals surface area contributed by atoms with Gasteiger partial charge >= 0.3 is 0 Å². The van der Waals surface area contributed by atoms with E-state index in [-0.39, 0.29) is 24.1 Å². The summed E-state index contributed by atoms with van der Waals surface area (Å²) in [6.45, 7) is 4.74. The second-order valence-corrected chi connectivity index (χ2v) is 9.41. The van der Waals surface area contributed by atoms with Crippen LogP contribution in [0.2, 0.25) is 0 Å². The number of ether oxygens (including phenoxy) is 2. The Hall–Kier alpha value is -3.31. The number of aryl methyl sites for hydroxylation is 1. The van der Waals surface area contributed by atoms with Crippen molar-refractivity contribution in [1.82, 2.24) is 20.1 Å². The topological polar surface area (TPSA) is 107 Å². The minimum atomic E-state index is -0.270. The van der Waals surface area contributed by atoms with Gasteiger partial charge in [-0.3, -0.25) is 9.59 Å². The van der Waals surface area contributed by atoms with Gasteiger partial charge in [0.05, 0.1) is 26.5 Å². The molecule has 0 atom stereocenters. The molecule has 2 N–H and O–H groups in total. The van der Waals surface area contributed by atoms with Crippen molar-refractivity contribution in [3.05, 3.63) is 63.9 Å². The van der Waals surface area contributed by atoms with E-state index in [1.165, 1.54) is 17.8 Å². The Morgan fingerprint density at radius 1 is 1.11 bits per heavy atom. The lowest BCUT2D eigenvalue weighted by atomic mass is 10.2. The maximum absolute atomic E-state index is 12.4. The van der Waals surface area contributed by atoms with Gasteiger partial charge in [0.25, 0.3) is 0 Å². The van der Waals surface area contributed by atoms with Crippen LogP contribution in [0.1, 0.15) is 23.9 Å². The summed E-state index contributed by atoms with van der Waals surface area (Å²) in [6.07, 6.45) is 3.13. The van der Waals surface area contributed by atoms with Crippen LogP contribution in [0.25, 0.3) is 6.08 Å². The highest BCUT2D eigenvalue weighted by Gasteiger charge is 2.14. The number of nitrogens with zero attached hydrogens (tertiary/aromatic N) is 3. The Balaban J connectivity index is 1.54. The highest BCUT2D eigenvalue weighted by atomic mass is 79.9. The molecule has 0 aliphatic heterocycles. The Morgan fingerprint density at radius 3 is 2.58 bits per heavy atom. The van der Waals surface area contributed by atoms with Crippen molar-refractivity contribution in [2.45, 2.75) is 32.1 Å². The van der Waals surface area contributed by atoms with E-state index < -0.39 is 0 Å². The number of amides is 2. The number of carbonyl (C=O) groups is 2. The quantitative estimate of drug-likeness (QED) is 0.258. The van der Waals surface area contributed by atoms with Crippen molar-refractivity contribution in [2.75, 3.05) is 25.3 Å². The SMILES string of the molecule is CCn1c(CNC(=O)/C=C/c2ccc(OC)c(OC)c2)nnc1SCC(=O)Nc1ccc(Br)c(C)c1. The van der Waals surface area contributed by atoms with Crippen LogP contribution in [0.4, 0.5) is 5.69 Å². The Labute approximate surface area is 222 Å². The van der Waals surface area contributed by atoms with Gasteiger partial charge in [-0.15, -0.1) is 10.2 Å². The molecule has 0 unspecified atom stereocenters. The van der Waals surface area contributed by atoms with Crippen molar-refractivity contribution < 1.29 is 19.1 Å². The largest absolute Gasteiger partial charge is 0.493 e. The van der Waals surface area contributed by atoms with Crippen molar-refractivity contribution in [1.29, 1.82) is 0 Å². The summed E-state index contributed by atoms with van der Waals surface area (Å²) < 4.78 is 13.4. The molecule has 0 aliphatic rings. The Morgan fingerprint density at radius 2 is 1.89 bits per heavy atom. The van der Waals surface area contributed by atoms with E-state index in [0.717, 1.165) is 21.3 Å². The molecule has 3 aromatic rings. The molecule has 0 spiro atoms. The number of thioether (sulfide) groups is 1. The second kappa shape index (κ2) is 13.1. The van der Waals surface area contributed by atoms with Gasteiger partial charge in [0.1, 0.15) is 0 Å². The Bertz CT molecular complexity index is 1260. The van der Waals surface area contributed by atoms with Crippen molar-refractivity contribution in [3.8, 4) is 11.5 Å². The van der Waals surface area contributed by atoms with Gasteiger partial charge < -0.3 is 24.7 Å². The van der Waals surface area contributed by atoms with Crippen molar-refractivity contribution >= 4 is 51.3 Å². The molecule has 0 aliphatic carbocycles. The number of carbonyl (C=O) groups excluding carboxylic acids is 2. The zero-order chi connectivity index (χ0) is 26.1. The zero-order valence-electron chi connectivity index (χ0n) is 20.5. The summed E-state index contributed by atoms with van der Waals surface area (Å²) >= 11 is 4.75. The normalized spacial score (nSPS) is 10.9. The van der Waals surface area contributed by atoms with Gasteiger partial charge in [-0.1, -0.05) is 33.8 Å². The van der Waals surface area contributed by atoms with Crippen LogP contribution >= 0.6 is 27.7 Å². The number of halogens is 1. The molecule has 2 amide bonds. The molecule has 0 bridgehead atoms. The third-order valence-electron chi connectivity index (χ3n) is 5.14. The summed E-state index contributed by atoms with van der Waals surface area (Å²) in [4.78, 5) is 24.7. The maximum Gasteiger partial charge on any atom is 0.244 e. The van der Waals surface area contributed by atoms with Crippen LogP contribution in [0.5, 0.6) is 11.5 Å². The first-order valence-corrected chi connectivity index (χ1v) is 12.9. The van der Waals surface area contributed by atoms with E-state index in [9.17, 15) is 9.59 Å². The molecule has 1 heterocycles. The third kappa shape index (κ3) is 7.34. The molecule has 0 radical (unpaired) electrons. The summed E-state index contributed by atoms with van der Waals surface area (Å²) in [5, 5.41) is 14.7. The molecule has 36 heavy (non-hydrogen) atoms. The highest BCUT2D eigenvalue weighted by molar-refractivity contribution is 9.10. The van der Waals surface area contributed by atoms with Gasteiger partial charge in [0, 0.05) is 22.8 Å². The fraction of sp³-hybridized carbons (Fsp3) is 0.280. The number of methoxy groups -OCH3 is 2. The number of benzene rings is 2. The molecule has 190 valence electrons. The average molecular weight is 575 g/mol. The number of hydrogen-bond donors (Lipinski definition) is 2. The van der Waals surface area contributed by atoms with E-state index in [4.69, 9.17) is 9.47 Å². The van der Waals surface area contributed by atoms with Crippen LogP contribution in [0.3, 0.4) is 0 Å². The van der Waals surface area contributed by atoms with Gasteiger partial charge in [0.2, 0.25) is 11.8 Å². The molecule has 1 aromatic heterocycles. The predicted molar refractivity (Wildman–Crippen MR) is 144 cm³/mol. The van der Waals surface area contributed by atoms with Crippen molar-refractivity contribution in [2.24, 2.45) is 0 Å². The summed E-state index contributed by atoms with van der Waals surface area (Å²) in [5.74, 6) is 1.59. The van der Waals surface area contributed by atoms with Gasteiger partial charge in [-0.05, 0) is 61.4 Å². The molecular weight excluding hydrogens is 546 g/mol. The van der Waals surface area contributed by atoms with Gasteiger partial charge in [-0.25, -0.2) is 0 Å². The van der Waals surface area contributed by atoms with E-state index in [2.05, 4.69) is 36.8 Å². The molecule has 0 saturated heterocycles. The van der Waals surface area contributed by atoms with E-state index in [0.29, 0.717) is 29.0 Å². The van der Waals surface area contributed by atoms with Crippen LogP contribution in [-0.4, -0.2) is 46.6 Å². The number of anilines is 1. The third-order valence-corrected chi connectivity index (χ3v) is 7.00. The lowest BCUT2D eigenvalue weighted by molar-refractivity contribution is -0.116. The number of hydrogen-bond acceptors (Lipinski definition) is 7. The minimum Gasteiger partial charge on any atom is -0.493 e. The first kappa shape index (κ1) is 27.3. The Kier molecular flexibility index (Phi) is 9.95. The first-order valence-electron chi connectivity index (χ1n) is 11.1. The fourth-order valence-corrected chi connectivity index (χ4v) is 4.35. The summed E-state index contributed by atoms with van der Waals surface area (Å²) in [5.41, 5.74) is 2.58. The molecule has 9 nitrogen and oxygen atoms in total. The van der Waals surface area contributed by atoms with E-state index >= 15 is 0 Å². The van der Waals surface area contributed by atoms with Crippen LogP contribution < -0.4 is 20.1 Å². The molecule has 11 heteroatoms. The zero-order valence-corrected chi connectivity index (χ0v) is 22.9. The first-order chi connectivity index (χ1) is 17.3. The fourth-order valence-electron chi connectivity index (χ4n) is 3.28. The van der Waals surface area contributed by atoms with Gasteiger partial charge in [-0.2, -0.15) is 0 Å². The number of aromatic nitrogens is 3. The predicted octanol–water partition coefficient (Wildman–Crippen LogP) is 4.45. The van der Waals surface area contributed by atoms with Gasteiger partial charge in [0.15, 0.2) is 22.5 Å². The lowest BCUT2D eigenvalue weighted by Crippen LogP contribution is -2.22. The highest BCUT2D eigenvalue weighted by Crippen LogP contribution is 2.28. The van der Waals surface area contributed by atoms with Crippen LogP contribution in [0.15, 0.2) is 52.1 Å². The summed E-state index contributed by atoms with van der Waals surface area (Å²) in [7, 11) is 3.13. The molecule has 2 aromatic carbocycles. The number of rotatable bonds is 11. The van der Waals surface area contributed by atoms with Crippen LogP contribution in [-0.2, 0) is 22.7 Å². The summed E-state index contributed by atoms with van der Waals surface area (Å²) in [6, 6.07) is 11.0. The minimum absolute atomic E-state index is 0.137. The molecule has 3 rings (SSSR count).